The van der Waals surface area contributed by atoms with Crippen molar-refractivity contribution in [2.75, 3.05) is 13.2 Å². The molecule has 0 fully saturated rings. The van der Waals surface area contributed by atoms with Crippen molar-refractivity contribution >= 4 is 0 Å². The molecule has 70 valence electrons. The summed E-state index contributed by atoms with van der Waals surface area (Å²) in [6.45, 7) is 2.76. The van der Waals surface area contributed by atoms with Crippen LogP contribution in [0.1, 0.15) is 32.6 Å². The molecule has 0 heterocycles. The van der Waals surface area contributed by atoms with E-state index in [2.05, 4.69) is 18.3 Å². The zero-order valence-corrected chi connectivity index (χ0v) is 7.71. The van der Waals surface area contributed by atoms with Crippen LogP contribution in [0.2, 0.25) is 0 Å². The Morgan fingerprint density at radius 3 is 2.75 bits per heavy atom. The molecule has 0 amide bonds. The monoisotopic (exact) mass is 170 g/mol. The first-order valence-corrected chi connectivity index (χ1v) is 4.59. The van der Waals surface area contributed by atoms with Gasteiger partial charge in [0.05, 0.1) is 18.7 Å². The fourth-order valence-electron chi connectivity index (χ4n) is 1.05. The highest BCUT2D eigenvalue weighted by Gasteiger charge is 2.03. The number of nitriles is 1. The number of aliphatic hydroxyl groups is 1. The van der Waals surface area contributed by atoms with Gasteiger partial charge in [0.2, 0.25) is 0 Å². The summed E-state index contributed by atoms with van der Waals surface area (Å²) < 4.78 is 0. The van der Waals surface area contributed by atoms with E-state index in [1.54, 1.807) is 0 Å². The molecule has 0 aliphatic heterocycles. The third-order valence-corrected chi connectivity index (χ3v) is 1.75. The molecule has 0 aliphatic carbocycles. The summed E-state index contributed by atoms with van der Waals surface area (Å²) in [5, 5.41) is 20.1. The number of rotatable bonds is 7. The van der Waals surface area contributed by atoms with Gasteiger partial charge in [-0.3, -0.25) is 5.32 Å². The van der Waals surface area contributed by atoms with E-state index in [1.165, 1.54) is 12.8 Å². The molecule has 1 unspecified atom stereocenters. The lowest BCUT2D eigenvalue weighted by atomic mass is 10.1. The number of aliphatic hydroxyl groups excluding tert-OH is 1. The molecule has 0 aromatic heterocycles. The Labute approximate surface area is 74.4 Å². The van der Waals surface area contributed by atoms with E-state index < -0.39 is 0 Å². The van der Waals surface area contributed by atoms with Crippen LogP contribution in [-0.2, 0) is 0 Å². The largest absolute Gasteiger partial charge is 0.395 e. The Bertz CT molecular complexity index is 131. The zero-order chi connectivity index (χ0) is 9.23. The van der Waals surface area contributed by atoms with Gasteiger partial charge in [-0.25, -0.2) is 0 Å². The number of unbranched alkanes of at least 4 members (excludes halogenated alkanes) is 2. The van der Waals surface area contributed by atoms with Gasteiger partial charge in [-0.15, -0.1) is 0 Å². The van der Waals surface area contributed by atoms with Crippen molar-refractivity contribution in [3.63, 3.8) is 0 Å². The first-order chi connectivity index (χ1) is 5.85. The Kier molecular flexibility index (Phi) is 8.09. The van der Waals surface area contributed by atoms with Crippen molar-refractivity contribution in [2.24, 2.45) is 0 Å². The summed E-state index contributed by atoms with van der Waals surface area (Å²) in [5.74, 6) is 0. The number of hydrogen-bond acceptors (Lipinski definition) is 3. The van der Waals surface area contributed by atoms with E-state index in [1.807, 2.05) is 0 Å². The average molecular weight is 170 g/mol. The lowest BCUT2D eigenvalue weighted by molar-refractivity contribution is 0.287. The van der Waals surface area contributed by atoms with Crippen LogP contribution in [-0.4, -0.2) is 24.3 Å². The summed E-state index contributed by atoms with van der Waals surface area (Å²) in [6, 6.07) is 2.09. The molecule has 1 atom stereocenters. The quantitative estimate of drug-likeness (QED) is 0.561. The first kappa shape index (κ1) is 11.4. The lowest BCUT2D eigenvalue weighted by Gasteiger charge is -2.08. The molecular weight excluding hydrogens is 152 g/mol. The molecule has 12 heavy (non-hydrogen) atoms. The predicted octanol–water partition coefficient (Wildman–Crippen LogP) is 1.04. The van der Waals surface area contributed by atoms with Gasteiger partial charge in [0.25, 0.3) is 0 Å². The maximum absolute atomic E-state index is 8.66. The summed E-state index contributed by atoms with van der Waals surface area (Å²) in [6.07, 6.45) is 4.34. The predicted molar refractivity (Wildman–Crippen MR) is 48.6 cm³/mol. The van der Waals surface area contributed by atoms with Crippen LogP contribution < -0.4 is 5.32 Å². The molecule has 0 rings (SSSR count). The summed E-state index contributed by atoms with van der Waals surface area (Å²) in [7, 11) is 0. The second-order valence-electron chi connectivity index (χ2n) is 2.86. The Balaban J connectivity index is 3.35. The van der Waals surface area contributed by atoms with Crippen LogP contribution in [0.4, 0.5) is 0 Å². The summed E-state index contributed by atoms with van der Waals surface area (Å²) >= 11 is 0. The molecule has 3 nitrogen and oxygen atoms in total. The molecule has 0 spiro atoms. The van der Waals surface area contributed by atoms with E-state index in [-0.39, 0.29) is 12.6 Å². The number of nitrogens with zero attached hydrogens (tertiary/aromatic N) is 1. The van der Waals surface area contributed by atoms with Gasteiger partial charge >= 0.3 is 0 Å². The summed E-state index contributed by atoms with van der Waals surface area (Å²) in [5.41, 5.74) is 0. The minimum atomic E-state index is -0.0799. The van der Waals surface area contributed by atoms with Gasteiger partial charge in [0.1, 0.15) is 0 Å². The van der Waals surface area contributed by atoms with Crippen molar-refractivity contribution < 1.29 is 5.11 Å². The van der Waals surface area contributed by atoms with E-state index in [0.29, 0.717) is 6.54 Å². The van der Waals surface area contributed by atoms with Crippen molar-refractivity contribution in [1.29, 1.82) is 5.26 Å². The number of hydrogen-bond donors (Lipinski definition) is 2. The average Bonchev–Trinajstić information content (AvgIpc) is 2.11. The third kappa shape index (κ3) is 6.14. The highest BCUT2D eigenvalue weighted by atomic mass is 16.3. The van der Waals surface area contributed by atoms with E-state index in [0.717, 1.165) is 12.8 Å². The summed E-state index contributed by atoms with van der Waals surface area (Å²) in [4.78, 5) is 0. The molecule has 2 N–H and O–H groups in total. The SMILES string of the molecule is CCCCCC(C#N)NCCO. The Morgan fingerprint density at radius 2 is 2.25 bits per heavy atom. The molecule has 0 bridgehead atoms. The van der Waals surface area contributed by atoms with E-state index in [9.17, 15) is 0 Å². The first-order valence-electron chi connectivity index (χ1n) is 4.59. The maximum atomic E-state index is 8.66. The lowest BCUT2D eigenvalue weighted by Crippen LogP contribution is -2.30. The molecule has 0 aliphatic rings. The van der Waals surface area contributed by atoms with Crippen molar-refractivity contribution in [3.05, 3.63) is 0 Å². The molecule has 0 saturated carbocycles. The second kappa shape index (κ2) is 8.51. The molecule has 0 aromatic rings. The van der Waals surface area contributed by atoms with Crippen molar-refractivity contribution in [1.82, 2.24) is 5.32 Å². The highest BCUT2D eigenvalue weighted by molar-refractivity contribution is 4.89. The Hall–Kier alpha value is -0.590. The van der Waals surface area contributed by atoms with Crippen molar-refractivity contribution in [2.45, 2.75) is 38.6 Å². The van der Waals surface area contributed by atoms with Gasteiger partial charge in [-0.1, -0.05) is 26.2 Å². The van der Waals surface area contributed by atoms with E-state index in [4.69, 9.17) is 10.4 Å². The topological polar surface area (TPSA) is 56.0 Å². The van der Waals surface area contributed by atoms with Crippen molar-refractivity contribution in [3.8, 4) is 6.07 Å². The normalized spacial score (nSPS) is 12.4. The third-order valence-electron chi connectivity index (χ3n) is 1.75. The van der Waals surface area contributed by atoms with Gasteiger partial charge in [-0.2, -0.15) is 5.26 Å². The van der Waals surface area contributed by atoms with Gasteiger partial charge in [0, 0.05) is 6.54 Å². The van der Waals surface area contributed by atoms with Gasteiger partial charge in [-0.05, 0) is 6.42 Å². The Morgan fingerprint density at radius 1 is 1.50 bits per heavy atom. The second-order valence-corrected chi connectivity index (χ2v) is 2.86. The molecular formula is C9H18N2O. The van der Waals surface area contributed by atoms with Crippen LogP contribution >= 0.6 is 0 Å². The standard InChI is InChI=1S/C9H18N2O/c1-2-3-4-5-9(8-10)11-6-7-12/h9,11-12H,2-7H2,1H3. The molecule has 3 heteroatoms. The number of nitrogens with one attached hydrogen (secondary N) is 1. The molecule has 0 aromatic carbocycles. The zero-order valence-electron chi connectivity index (χ0n) is 7.71. The van der Waals surface area contributed by atoms with Crippen LogP contribution in [0.3, 0.4) is 0 Å². The van der Waals surface area contributed by atoms with Crippen LogP contribution in [0, 0.1) is 11.3 Å². The van der Waals surface area contributed by atoms with E-state index >= 15 is 0 Å². The fourth-order valence-corrected chi connectivity index (χ4v) is 1.05. The van der Waals surface area contributed by atoms with Gasteiger partial charge in [0.15, 0.2) is 0 Å². The fraction of sp³-hybridized carbons (Fsp3) is 0.889. The van der Waals surface area contributed by atoms with Crippen LogP contribution in [0.15, 0.2) is 0 Å². The molecule has 0 saturated heterocycles. The van der Waals surface area contributed by atoms with Crippen LogP contribution in [0.25, 0.3) is 0 Å². The maximum Gasteiger partial charge on any atom is 0.0953 e. The minimum Gasteiger partial charge on any atom is -0.395 e. The minimum absolute atomic E-state index is 0.0799. The molecule has 0 radical (unpaired) electrons. The highest BCUT2D eigenvalue weighted by Crippen LogP contribution is 2.02. The van der Waals surface area contributed by atoms with Gasteiger partial charge < -0.3 is 5.11 Å². The van der Waals surface area contributed by atoms with Crippen LogP contribution in [0.5, 0.6) is 0 Å². The smallest absolute Gasteiger partial charge is 0.0953 e.